The van der Waals surface area contributed by atoms with Crippen molar-refractivity contribution < 1.29 is 19.1 Å². The summed E-state index contributed by atoms with van der Waals surface area (Å²) in [5, 5.41) is 5.32. The van der Waals surface area contributed by atoms with Gasteiger partial charge in [0.05, 0.1) is 32.3 Å². The van der Waals surface area contributed by atoms with Crippen LogP contribution in [0.1, 0.15) is 12.0 Å². The minimum atomic E-state index is -0.226. The highest BCUT2D eigenvalue weighted by Crippen LogP contribution is 2.65. The summed E-state index contributed by atoms with van der Waals surface area (Å²) < 4.78 is 10.5. The highest BCUT2D eigenvalue weighted by Gasteiger charge is 2.67. The van der Waals surface area contributed by atoms with Crippen LogP contribution in [0.3, 0.4) is 0 Å². The lowest BCUT2D eigenvalue weighted by atomic mass is 9.63. The highest BCUT2D eigenvalue weighted by atomic mass is 16.5. The van der Waals surface area contributed by atoms with Crippen molar-refractivity contribution in [2.45, 2.75) is 6.42 Å². The first-order valence-electron chi connectivity index (χ1n) is 8.96. The zero-order valence-electron chi connectivity index (χ0n) is 14.7. The number of amides is 2. The number of allylic oxidation sites excluding steroid dienone is 2. The normalized spacial score (nSPS) is 36.5. The van der Waals surface area contributed by atoms with Crippen LogP contribution in [0.4, 0.5) is 0 Å². The Morgan fingerprint density at radius 2 is 1.69 bits per heavy atom. The van der Waals surface area contributed by atoms with Gasteiger partial charge in [0.25, 0.3) is 11.8 Å². The lowest BCUT2D eigenvalue weighted by Gasteiger charge is -2.37. The lowest BCUT2D eigenvalue weighted by Crippen LogP contribution is -2.40. The molecule has 0 aromatic heterocycles. The monoisotopic (exact) mass is 352 g/mol. The fourth-order valence-electron chi connectivity index (χ4n) is 5.10. The minimum Gasteiger partial charge on any atom is -0.497 e. The molecule has 0 radical (unpaired) electrons. The van der Waals surface area contributed by atoms with Crippen molar-refractivity contribution in [1.29, 1.82) is 0 Å². The molecule has 1 heterocycles. The maximum atomic E-state index is 12.9. The van der Waals surface area contributed by atoms with Crippen LogP contribution in [-0.2, 0) is 9.59 Å². The Balaban J connectivity index is 1.43. The molecule has 0 spiro atoms. The maximum Gasteiger partial charge on any atom is 0.254 e. The zero-order chi connectivity index (χ0) is 18.0. The van der Waals surface area contributed by atoms with Crippen LogP contribution in [0.2, 0.25) is 0 Å². The molecule has 134 valence electrons. The number of methoxy groups -OCH3 is 2. The summed E-state index contributed by atoms with van der Waals surface area (Å²) in [5.41, 5.74) is 0.688. The van der Waals surface area contributed by atoms with Crippen molar-refractivity contribution in [2.75, 3.05) is 14.2 Å². The summed E-state index contributed by atoms with van der Waals surface area (Å²) in [6, 6.07) is 5.32. The van der Waals surface area contributed by atoms with Crippen molar-refractivity contribution in [2.24, 2.45) is 40.6 Å². The van der Waals surface area contributed by atoms with Gasteiger partial charge in [-0.25, -0.2) is 0 Å². The number of rotatable bonds is 4. The van der Waals surface area contributed by atoms with E-state index in [0.29, 0.717) is 28.9 Å². The van der Waals surface area contributed by atoms with Gasteiger partial charge in [0.2, 0.25) is 0 Å². The molecular formula is C20H20N2O4. The SMILES string of the molecule is COc1ccc(/C=N\N2C(=O)[C@H]3[C@@H]4C=C[C@H]([C@@H]5C[C@H]45)[C@@H]3C2=O)c(OC)c1. The number of imide groups is 1. The average molecular weight is 352 g/mol. The number of hydrogen-bond donors (Lipinski definition) is 0. The van der Waals surface area contributed by atoms with Crippen LogP contribution < -0.4 is 9.47 Å². The standard InChI is InChI=1S/C20H20N2O4/c1-25-11-4-3-10(16(7-11)26-2)9-21-22-19(23)17-12-5-6-13(15-8-14(12)15)18(17)20(22)24/h3-7,9,12-15,17-18H,8H2,1-2H3/b21-9-/t12-,13-,14-,15+,17+,18+/m1/s1. The molecule has 0 unspecified atom stereocenters. The van der Waals surface area contributed by atoms with Crippen molar-refractivity contribution >= 4 is 18.0 Å². The van der Waals surface area contributed by atoms with E-state index in [1.54, 1.807) is 32.4 Å². The molecule has 6 rings (SSSR count). The summed E-state index contributed by atoms with van der Waals surface area (Å²) in [6.07, 6.45) is 6.99. The van der Waals surface area contributed by atoms with Crippen LogP contribution in [-0.4, -0.2) is 37.3 Å². The molecule has 0 N–H and O–H groups in total. The molecule has 6 nitrogen and oxygen atoms in total. The quantitative estimate of drug-likeness (QED) is 0.473. The van der Waals surface area contributed by atoms with E-state index in [-0.39, 0.29) is 35.5 Å². The molecule has 2 bridgehead atoms. The second-order valence-electron chi connectivity index (χ2n) is 7.50. The van der Waals surface area contributed by atoms with Gasteiger partial charge in [0, 0.05) is 11.6 Å². The van der Waals surface area contributed by atoms with Gasteiger partial charge in [0.15, 0.2) is 0 Å². The van der Waals surface area contributed by atoms with Gasteiger partial charge >= 0.3 is 0 Å². The molecule has 2 amide bonds. The molecule has 1 aromatic carbocycles. The van der Waals surface area contributed by atoms with Gasteiger partial charge in [0.1, 0.15) is 11.5 Å². The number of nitrogens with zero attached hydrogens (tertiary/aromatic N) is 2. The number of carbonyl (C=O) groups is 2. The third-order valence-electron chi connectivity index (χ3n) is 6.39. The van der Waals surface area contributed by atoms with Crippen molar-refractivity contribution in [3.05, 3.63) is 35.9 Å². The van der Waals surface area contributed by atoms with Crippen molar-refractivity contribution in [1.82, 2.24) is 5.01 Å². The largest absolute Gasteiger partial charge is 0.497 e. The molecule has 1 aliphatic heterocycles. The fraction of sp³-hybridized carbons (Fsp3) is 0.450. The van der Waals surface area contributed by atoms with Crippen LogP contribution >= 0.6 is 0 Å². The zero-order valence-corrected chi connectivity index (χ0v) is 14.7. The number of carbonyl (C=O) groups excluding carboxylic acids is 2. The topological polar surface area (TPSA) is 68.2 Å². The third-order valence-corrected chi connectivity index (χ3v) is 6.39. The summed E-state index contributed by atoms with van der Waals surface area (Å²) in [5.74, 6) is 2.08. The first-order valence-corrected chi connectivity index (χ1v) is 8.96. The number of hydrogen-bond acceptors (Lipinski definition) is 5. The minimum absolute atomic E-state index is 0.159. The second-order valence-corrected chi connectivity index (χ2v) is 7.50. The van der Waals surface area contributed by atoms with Gasteiger partial charge in [-0.15, -0.1) is 0 Å². The predicted molar refractivity (Wildman–Crippen MR) is 93.7 cm³/mol. The Morgan fingerprint density at radius 1 is 1.04 bits per heavy atom. The van der Waals surface area contributed by atoms with Crippen molar-refractivity contribution in [3.63, 3.8) is 0 Å². The Labute approximate surface area is 151 Å². The lowest BCUT2D eigenvalue weighted by molar-refractivity contribution is -0.140. The average Bonchev–Trinajstić information content (AvgIpc) is 3.45. The molecule has 6 heteroatoms. The van der Waals surface area contributed by atoms with E-state index in [9.17, 15) is 9.59 Å². The van der Waals surface area contributed by atoms with E-state index in [2.05, 4.69) is 17.3 Å². The smallest absolute Gasteiger partial charge is 0.254 e. The molecule has 1 saturated heterocycles. The Morgan fingerprint density at radius 3 is 2.27 bits per heavy atom. The predicted octanol–water partition coefficient (Wildman–Crippen LogP) is 2.09. The third kappa shape index (κ3) is 2.01. The number of ether oxygens (including phenoxy) is 2. The van der Waals surface area contributed by atoms with Gasteiger partial charge in [-0.1, -0.05) is 12.2 Å². The van der Waals surface area contributed by atoms with E-state index in [0.717, 1.165) is 11.4 Å². The van der Waals surface area contributed by atoms with E-state index >= 15 is 0 Å². The molecule has 6 atom stereocenters. The number of hydrazone groups is 1. The molecule has 26 heavy (non-hydrogen) atoms. The van der Waals surface area contributed by atoms with Crippen LogP contribution in [0.5, 0.6) is 11.5 Å². The van der Waals surface area contributed by atoms with Gasteiger partial charge < -0.3 is 9.47 Å². The molecule has 1 aromatic rings. The summed E-state index contributed by atoms with van der Waals surface area (Å²) in [7, 11) is 3.14. The van der Waals surface area contributed by atoms with Crippen LogP contribution in [0, 0.1) is 35.5 Å². The van der Waals surface area contributed by atoms with Crippen molar-refractivity contribution in [3.8, 4) is 11.5 Å². The Bertz CT molecular complexity index is 825. The van der Waals surface area contributed by atoms with Gasteiger partial charge in [-0.05, 0) is 42.2 Å². The Hall–Kier alpha value is -2.63. The van der Waals surface area contributed by atoms with E-state index in [1.807, 2.05) is 0 Å². The first kappa shape index (κ1) is 15.6. The van der Waals surface area contributed by atoms with E-state index < -0.39 is 0 Å². The van der Waals surface area contributed by atoms with E-state index in [4.69, 9.17) is 9.47 Å². The van der Waals surface area contributed by atoms with Gasteiger partial charge in [-0.3, -0.25) is 9.59 Å². The van der Waals surface area contributed by atoms with Crippen LogP contribution in [0.25, 0.3) is 0 Å². The summed E-state index contributed by atoms with van der Waals surface area (Å²) in [6.45, 7) is 0. The highest BCUT2D eigenvalue weighted by molar-refractivity contribution is 6.06. The fourth-order valence-corrected chi connectivity index (χ4v) is 5.10. The summed E-state index contributed by atoms with van der Waals surface area (Å²) >= 11 is 0. The molecule has 4 aliphatic carbocycles. The van der Waals surface area contributed by atoms with Crippen LogP contribution in [0.15, 0.2) is 35.5 Å². The molecular weight excluding hydrogens is 332 g/mol. The second kappa shape index (κ2) is 5.43. The summed E-state index contributed by atoms with van der Waals surface area (Å²) in [4.78, 5) is 25.8. The maximum absolute atomic E-state index is 12.9. The number of benzene rings is 1. The first-order chi connectivity index (χ1) is 12.6. The molecule has 3 fully saturated rings. The Kier molecular flexibility index (Phi) is 3.26. The molecule has 5 aliphatic rings. The van der Waals surface area contributed by atoms with Gasteiger partial charge in [-0.2, -0.15) is 10.1 Å². The van der Waals surface area contributed by atoms with E-state index in [1.165, 1.54) is 6.21 Å². The molecule has 2 saturated carbocycles.